The molecule has 8 amide bonds. The summed E-state index contributed by atoms with van der Waals surface area (Å²) >= 11 is 0. The van der Waals surface area contributed by atoms with E-state index in [0.29, 0.717) is 180 Å². The Morgan fingerprint density at radius 1 is 0.388 bits per heavy atom. The van der Waals surface area contributed by atoms with Gasteiger partial charge in [0.25, 0.3) is 23.6 Å². The third kappa shape index (κ3) is 21.4. The van der Waals surface area contributed by atoms with Gasteiger partial charge < -0.3 is 92.2 Å². The molecule has 34 nitrogen and oxygen atoms in total. The van der Waals surface area contributed by atoms with Gasteiger partial charge >= 0.3 is 0 Å². The Morgan fingerprint density at radius 2 is 0.655 bits per heavy atom. The van der Waals surface area contributed by atoms with Gasteiger partial charge in [-0.15, -0.1) is 0 Å². The number of hydrogen-bond donors (Lipinski definition) is 8. The summed E-state index contributed by atoms with van der Waals surface area (Å²) in [5.74, 6) is 5.39. The van der Waals surface area contributed by atoms with Crippen LogP contribution in [0.5, 0.6) is 34.5 Å². The normalized spacial score (nSPS) is 19.7. The molecule has 34 heteroatoms. The average molecular weight is 1920 g/mol. The van der Waals surface area contributed by atoms with Gasteiger partial charge in [-0.05, 0) is 262 Å². The molecule has 10 aliphatic rings. The van der Waals surface area contributed by atoms with E-state index in [1.807, 2.05) is 66.6 Å². The number of hydrogen-bond acceptors (Lipinski definition) is 22. The number of primary amides is 4. The van der Waals surface area contributed by atoms with E-state index in [1.54, 1.807) is 50.4 Å². The number of aromatic nitrogens is 8. The predicted octanol–water partition coefficient (Wildman–Crippen LogP) is 15.3. The molecule has 4 unspecified atom stereocenters. The molecule has 4 aromatic heterocycles. The van der Waals surface area contributed by atoms with E-state index >= 15 is 0 Å². The Labute approximate surface area is 823 Å². The lowest BCUT2D eigenvalue weighted by Crippen LogP contribution is -2.41. The lowest BCUT2D eigenvalue weighted by atomic mass is 9.87. The number of fused-ring (bicyclic) bond motifs is 4. The quantitative estimate of drug-likeness (QED) is 0.0246. The van der Waals surface area contributed by atoms with Gasteiger partial charge in [-0.1, -0.05) is 55.0 Å². The Hall–Kier alpha value is -13.6. The molecule has 4 aromatic carbocycles. The zero-order valence-electron chi connectivity index (χ0n) is 84.6. The fraction of sp³-hybridized carbons (Fsp3) is 0.505. The molecule has 6 fully saturated rings. The molecule has 2 saturated carbocycles. The SMILES string of the molecule is C.C.C.C=CC(=O)N1CCC(C2CCNc3c(C(N)=O)c(-c4cc(C)c(C5CC5)c(OC)c4)nn32)CC1.C=CC(=O)N1CCC(C2CCNc3c(C(N)=O)c(-c4cc(CC)c(C)c(OC)c4)nn32)CC1.[2H]/C(C)=C(/[2H])C(=O)N1CCC(C2CCNc3c(C(N)=O)c(-c4cc(OC)c(C)c(OC)c4)nn32)CC1.[2H]C([2H])([2H])Oc1cc(-c2nn3c(c2C(N)=O)NCCC3C2CCN(C(=O)C=C)CC2)cc(OC)c1C1CC1. The summed E-state index contributed by atoms with van der Waals surface area (Å²) in [5.41, 5.74) is 36.0. The predicted molar refractivity (Wildman–Crippen MR) is 543 cm³/mol. The highest BCUT2D eigenvalue weighted by Crippen LogP contribution is 2.53. The van der Waals surface area contributed by atoms with Crippen LogP contribution in [0.4, 0.5) is 23.3 Å². The number of benzene rings is 4. The average Bonchev–Trinajstić information content (AvgIpc) is 1.60. The van der Waals surface area contributed by atoms with Crippen LogP contribution in [0.15, 0.2) is 98.6 Å². The third-order valence-corrected chi connectivity index (χ3v) is 29.0. The number of carbonyl (C=O) groups is 8. The molecule has 8 aromatic rings. The van der Waals surface area contributed by atoms with Crippen LogP contribution in [0.1, 0.15) is 257 Å². The van der Waals surface area contributed by atoms with E-state index in [1.165, 1.54) is 50.7 Å². The first-order chi connectivity index (χ1) is 67.6. The van der Waals surface area contributed by atoms with Crippen molar-refractivity contribution in [2.75, 3.05) is 142 Å². The molecule has 0 bridgehead atoms. The van der Waals surface area contributed by atoms with Crippen molar-refractivity contribution in [3.05, 3.63) is 154 Å². The van der Waals surface area contributed by atoms with E-state index in [4.69, 9.17) is 78.6 Å². The molecular formula is C105H144N20O14. The fourth-order valence-corrected chi connectivity index (χ4v) is 21.7. The zero-order chi connectivity index (χ0) is 101. The Morgan fingerprint density at radius 3 is 0.928 bits per heavy atom. The van der Waals surface area contributed by atoms with Gasteiger partial charge in [-0.25, -0.2) is 18.7 Å². The molecule has 0 radical (unpaired) electrons. The van der Waals surface area contributed by atoms with E-state index in [-0.39, 0.29) is 105 Å². The first-order valence-corrected chi connectivity index (χ1v) is 47.4. The van der Waals surface area contributed by atoms with Crippen molar-refractivity contribution in [3.63, 3.8) is 0 Å². The van der Waals surface area contributed by atoms with Gasteiger partial charge in [0.1, 0.15) is 103 Å². The second-order valence-corrected chi connectivity index (χ2v) is 36.7. The summed E-state index contributed by atoms with van der Waals surface area (Å²) in [6.45, 7) is 28.3. The number of rotatable bonds is 25. The number of nitrogens with two attached hydrogens (primary N) is 4. The number of anilines is 4. The van der Waals surface area contributed by atoms with Gasteiger partial charge in [0.15, 0.2) is 0 Å². The van der Waals surface area contributed by atoms with Crippen LogP contribution in [0.3, 0.4) is 0 Å². The highest BCUT2D eigenvalue weighted by atomic mass is 16.5. The molecule has 12 N–H and O–H groups in total. The Balaban J connectivity index is 0.000000170. The van der Waals surface area contributed by atoms with Crippen molar-refractivity contribution >= 4 is 70.5 Å². The lowest BCUT2D eigenvalue weighted by molar-refractivity contribution is -0.128. The number of methoxy groups -OCH3 is 6. The number of amides is 8. The third-order valence-electron chi connectivity index (χ3n) is 29.0. The van der Waals surface area contributed by atoms with Crippen LogP contribution in [0.2, 0.25) is 0 Å². The highest BCUT2D eigenvalue weighted by molar-refractivity contribution is 6.07. The van der Waals surface area contributed by atoms with Crippen molar-refractivity contribution in [3.8, 4) is 79.5 Å². The van der Waals surface area contributed by atoms with Gasteiger partial charge in [0, 0.05) is 117 Å². The number of nitrogens with zero attached hydrogens (tertiary/aromatic N) is 12. The molecule has 4 atom stereocenters. The maximum atomic E-state index is 12.7. The van der Waals surface area contributed by atoms with Crippen molar-refractivity contribution in [2.45, 2.75) is 202 Å². The molecule has 12 heterocycles. The van der Waals surface area contributed by atoms with E-state index in [0.717, 1.165) is 154 Å². The van der Waals surface area contributed by atoms with Crippen molar-refractivity contribution in [1.82, 2.24) is 58.7 Å². The minimum Gasteiger partial charge on any atom is -0.496 e. The highest BCUT2D eigenvalue weighted by Gasteiger charge is 2.44. The second kappa shape index (κ2) is 45.4. The molecule has 748 valence electrons. The summed E-state index contributed by atoms with van der Waals surface area (Å²) in [4.78, 5) is 106. The number of ether oxygens (including phenoxy) is 6. The number of aryl methyl sites for hydroxylation is 2. The van der Waals surface area contributed by atoms with Crippen LogP contribution in [-0.4, -0.2) is 227 Å². The number of piperidine rings is 4. The maximum Gasteiger partial charge on any atom is 0.254 e. The summed E-state index contributed by atoms with van der Waals surface area (Å²) in [7, 11) is 5.38. The molecule has 0 spiro atoms. The molecular weight excluding hydrogens is 1770 g/mol. The number of carbonyl (C=O) groups excluding carboxylic acids is 8. The Bertz CT molecular complexity index is 6120. The minimum absolute atomic E-state index is 0. The Kier molecular flexibility index (Phi) is 31.7. The zero-order valence-corrected chi connectivity index (χ0v) is 79.6. The summed E-state index contributed by atoms with van der Waals surface area (Å²) in [6.07, 6.45) is 19.3. The maximum absolute atomic E-state index is 12.7. The first-order valence-electron chi connectivity index (χ1n) is 49.9. The monoisotopic (exact) mass is 1910 g/mol. The van der Waals surface area contributed by atoms with Crippen LogP contribution in [0.25, 0.3) is 45.0 Å². The van der Waals surface area contributed by atoms with Crippen molar-refractivity contribution in [1.29, 1.82) is 0 Å². The van der Waals surface area contributed by atoms with E-state index < -0.39 is 36.6 Å². The first kappa shape index (κ1) is 97.1. The minimum atomic E-state index is -2.65. The second-order valence-electron chi connectivity index (χ2n) is 36.7. The van der Waals surface area contributed by atoms with Crippen LogP contribution < -0.4 is 72.6 Å². The number of allylic oxidation sites excluding steroid dienone is 1. The topological polar surface area (TPSA) is 428 Å². The van der Waals surface area contributed by atoms with Gasteiger partial charge in [0.2, 0.25) is 23.6 Å². The van der Waals surface area contributed by atoms with Crippen LogP contribution in [0, 0.1) is 44.4 Å². The number of nitrogens with one attached hydrogen (secondary N) is 4. The van der Waals surface area contributed by atoms with Gasteiger partial charge in [-0.3, -0.25) is 38.4 Å². The summed E-state index contributed by atoms with van der Waals surface area (Å²) in [5, 5.41) is 33.1. The molecule has 8 aliphatic heterocycles. The lowest BCUT2D eigenvalue weighted by Gasteiger charge is -2.38. The van der Waals surface area contributed by atoms with E-state index in [9.17, 15) is 38.4 Å². The van der Waals surface area contributed by atoms with Gasteiger partial charge in [0.05, 0.1) is 73.6 Å². The molecule has 4 saturated heterocycles. The van der Waals surface area contributed by atoms with Gasteiger partial charge in [-0.2, -0.15) is 20.4 Å². The molecule has 139 heavy (non-hydrogen) atoms. The van der Waals surface area contributed by atoms with Crippen molar-refractivity contribution < 1.29 is 73.6 Å². The smallest absolute Gasteiger partial charge is 0.254 e. The van der Waals surface area contributed by atoms with Crippen molar-refractivity contribution in [2.24, 2.45) is 46.6 Å². The largest absolute Gasteiger partial charge is 0.496 e. The summed E-state index contributed by atoms with van der Waals surface area (Å²) in [6, 6.07) is 15.2. The molecule has 18 rings (SSSR count). The van der Waals surface area contributed by atoms with Crippen LogP contribution >= 0.6 is 0 Å². The summed E-state index contributed by atoms with van der Waals surface area (Å²) < 4.78 is 79.6. The van der Waals surface area contributed by atoms with E-state index in [2.05, 4.69) is 67.0 Å². The molecule has 2 aliphatic carbocycles. The fourth-order valence-electron chi connectivity index (χ4n) is 21.7. The standard InChI is InChI=1S/C26H33N5O4.C26H33N5O3.C25H33N5O4.C25H33N5O3.3CH4/c1-4-21(32)30-11-8-15(9-12-30)18-7-10-28-26-23(25(27)33)24(29-31(18)26)17-13-19(34-2)22(16-5-6-16)20(14-17)35-3;1-4-21(32)30-11-8-16(9-12-30)19-7-10-28-26-23(25(27)33)24(29-31(19)26)18-13-15(2)22(17-5-6-17)20(14-18)34-3;1-5-6-21(31)29-11-8-16(9-12-29)18-7-10-27-25-22(24(26)32)23(28-30(18)25)17-13-19(33-3)15(2)20(14-17)34-4;1-5-16-13-18(14-20(33-4)15(16)3)23-22(24(26)32)25-27-10-7-19(30(25)28-23)17-8-11-29(12-9-17)21(31)6-2;;;/h4,13-16,18,28H,1,5-12H2,2-3H3,(H2,27,33);4,13-14,16-17,19,28H,1,5-12H2,2-3H3,(H2,27,33);5-6,13-14,16,18,27H,7-12H2,1-4H3,(H2,26,32);6,13-14,17,19,27H,2,5,7-12H2,1,3-4H3,(H2,26,32);3*1H4/b;;6-5+;;;;/i2D3;;5D,6D;;;;. The van der Waals surface area contributed by atoms with Crippen LogP contribution in [-0.2, 0) is 25.6 Å². The number of likely N-dealkylation sites (tertiary alicyclic amines) is 4.